The summed E-state index contributed by atoms with van der Waals surface area (Å²) in [5.74, 6) is -2.27. The van der Waals surface area contributed by atoms with Gasteiger partial charge in [-0.3, -0.25) is 9.59 Å². The standard InChI is InChI=1S/C70H127NO8/c1-6-8-10-12-14-16-18-20-22-24-26-28-30-31-32-33-34-35-36-37-39-40-42-44-46-48-50-52-54-56-58-60-67(72)77-64-66(65-78-70(69(74)75)76-63-62-71(3,4)5)79-68(73)61-59-57-55-53-51-49-47-45-43-41-38-29-27-25-23-21-19-17-15-13-11-9-7-2/h9,11,15,17,21,23-24,26-27,29,66,70H,6-8,10,12-14,16,18-20,22,25,28,30-65H2,1-5H3/b11-9-,17-15-,23-21-,26-24-,29-27-. The summed E-state index contributed by atoms with van der Waals surface area (Å²) in [6.07, 6.45) is 75.8. The number of carboxylic acid groups (broad SMARTS) is 1. The lowest BCUT2D eigenvalue weighted by Crippen LogP contribution is -2.44. The molecule has 0 heterocycles. The van der Waals surface area contributed by atoms with Crippen molar-refractivity contribution >= 4 is 17.9 Å². The molecular weight excluding hydrogens is 983 g/mol. The smallest absolute Gasteiger partial charge is 0.306 e. The SMILES string of the molecule is CC/C=C\C/C=C\C/C=C\C/C=C\CCCCCCCCCCCCC(=O)OC(COC(=O)CCCCCCCCCCCCCCCCCCCCC/C=C\CCCCCCCCCC)COC(OCC[N+](C)(C)C)C(=O)[O-]. The number of ether oxygens (including phenoxy) is 4. The average molecular weight is 1110 g/mol. The second kappa shape index (κ2) is 61.1. The van der Waals surface area contributed by atoms with Gasteiger partial charge in [-0.15, -0.1) is 0 Å². The van der Waals surface area contributed by atoms with E-state index in [1.165, 1.54) is 205 Å². The van der Waals surface area contributed by atoms with Crippen molar-refractivity contribution < 1.29 is 42.9 Å². The Bertz CT molecular complexity index is 1480. The molecule has 9 nitrogen and oxygen atoms in total. The first kappa shape index (κ1) is 76.0. The van der Waals surface area contributed by atoms with E-state index in [0.717, 1.165) is 70.6 Å². The highest BCUT2D eigenvalue weighted by Gasteiger charge is 2.22. The number of esters is 2. The first-order valence-corrected chi connectivity index (χ1v) is 33.4. The van der Waals surface area contributed by atoms with E-state index >= 15 is 0 Å². The van der Waals surface area contributed by atoms with Gasteiger partial charge in [0.2, 0.25) is 0 Å². The Labute approximate surface area is 488 Å². The van der Waals surface area contributed by atoms with Gasteiger partial charge in [0.15, 0.2) is 12.4 Å². The number of carbonyl (C=O) groups is 3. The summed E-state index contributed by atoms with van der Waals surface area (Å²) in [5, 5.41) is 11.8. The van der Waals surface area contributed by atoms with Crippen molar-refractivity contribution in [2.24, 2.45) is 0 Å². The molecule has 0 aliphatic carbocycles. The lowest BCUT2D eigenvalue weighted by atomic mass is 10.0. The molecule has 0 aromatic rings. The van der Waals surface area contributed by atoms with E-state index in [1.807, 2.05) is 21.1 Å². The van der Waals surface area contributed by atoms with E-state index < -0.39 is 24.3 Å². The van der Waals surface area contributed by atoms with E-state index in [1.54, 1.807) is 0 Å². The molecule has 2 atom stereocenters. The first-order valence-electron chi connectivity index (χ1n) is 33.4. The van der Waals surface area contributed by atoms with Gasteiger partial charge in [0.05, 0.1) is 40.3 Å². The zero-order chi connectivity index (χ0) is 57.6. The van der Waals surface area contributed by atoms with Gasteiger partial charge in [-0.1, -0.05) is 280 Å². The van der Waals surface area contributed by atoms with Gasteiger partial charge < -0.3 is 33.3 Å². The van der Waals surface area contributed by atoms with Crippen LogP contribution < -0.4 is 5.11 Å². The van der Waals surface area contributed by atoms with Gasteiger partial charge in [-0.25, -0.2) is 0 Å². The molecule has 0 amide bonds. The van der Waals surface area contributed by atoms with E-state index in [0.29, 0.717) is 23.9 Å². The molecule has 0 saturated heterocycles. The summed E-state index contributed by atoms with van der Waals surface area (Å²) < 4.78 is 22.8. The second-order valence-electron chi connectivity index (χ2n) is 23.7. The quantitative estimate of drug-likeness (QED) is 0.0195. The van der Waals surface area contributed by atoms with Gasteiger partial charge >= 0.3 is 11.9 Å². The van der Waals surface area contributed by atoms with Crippen molar-refractivity contribution in [3.8, 4) is 0 Å². The number of rotatable bonds is 62. The number of allylic oxidation sites excluding steroid dienone is 10. The molecule has 0 aliphatic rings. The highest BCUT2D eigenvalue weighted by atomic mass is 16.7. The summed E-state index contributed by atoms with van der Waals surface area (Å²) in [5.41, 5.74) is 0. The zero-order valence-electron chi connectivity index (χ0n) is 52.5. The number of carboxylic acids is 1. The first-order chi connectivity index (χ1) is 38.6. The van der Waals surface area contributed by atoms with Crippen molar-refractivity contribution in [1.29, 1.82) is 0 Å². The molecule has 0 aromatic heterocycles. The number of unbranched alkanes of at least 4 members (excludes halogenated alkanes) is 37. The molecule has 2 unspecified atom stereocenters. The Balaban J connectivity index is 4.10. The molecule has 0 spiro atoms. The predicted molar refractivity (Wildman–Crippen MR) is 334 cm³/mol. The molecule has 0 radical (unpaired) electrons. The summed E-state index contributed by atoms with van der Waals surface area (Å²) >= 11 is 0. The van der Waals surface area contributed by atoms with Crippen LogP contribution in [0.2, 0.25) is 0 Å². The Morgan fingerprint density at radius 1 is 0.392 bits per heavy atom. The fourth-order valence-electron chi connectivity index (χ4n) is 9.64. The third-order valence-electron chi connectivity index (χ3n) is 14.7. The maximum absolute atomic E-state index is 12.9. The number of quaternary nitrogens is 1. The van der Waals surface area contributed by atoms with Crippen LogP contribution >= 0.6 is 0 Å². The van der Waals surface area contributed by atoms with Crippen LogP contribution in [0.4, 0.5) is 0 Å². The minimum atomic E-state index is -1.62. The fraction of sp³-hybridized carbons (Fsp3) is 0.814. The molecule has 0 saturated carbocycles. The maximum Gasteiger partial charge on any atom is 0.306 e. The van der Waals surface area contributed by atoms with E-state index in [-0.39, 0.29) is 32.2 Å². The minimum Gasteiger partial charge on any atom is -0.545 e. The number of hydrogen-bond acceptors (Lipinski definition) is 8. The molecule has 9 heteroatoms. The zero-order valence-corrected chi connectivity index (χ0v) is 52.5. The van der Waals surface area contributed by atoms with Crippen LogP contribution in [0.15, 0.2) is 60.8 Å². The van der Waals surface area contributed by atoms with Crippen molar-refractivity contribution in [3.05, 3.63) is 60.8 Å². The summed E-state index contributed by atoms with van der Waals surface area (Å²) in [6.45, 7) is 4.67. The molecule has 0 fully saturated rings. The van der Waals surface area contributed by atoms with Gasteiger partial charge in [-0.2, -0.15) is 0 Å². The van der Waals surface area contributed by atoms with Crippen LogP contribution in [0.3, 0.4) is 0 Å². The van der Waals surface area contributed by atoms with Crippen molar-refractivity contribution in [2.75, 3.05) is 47.5 Å². The van der Waals surface area contributed by atoms with Crippen LogP contribution in [0.5, 0.6) is 0 Å². The summed E-state index contributed by atoms with van der Waals surface area (Å²) in [6, 6.07) is 0. The normalized spacial score (nSPS) is 13.1. The minimum absolute atomic E-state index is 0.146. The highest BCUT2D eigenvalue weighted by molar-refractivity contribution is 5.70. The molecule has 0 rings (SSSR count). The van der Waals surface area contributed by atoms with Crippen LogP contribution in [-0.4, -0.2) is 82.3 Å². The summed E-state index contributed by atoms with van der Waals surface area (Å²) in [4.78, 5) is 37.4. The van der Waals surface area contributed by atoms with Crippen LogP contribution in [0.1, 0.15) is 309 Å². The van der Waals surface area contributed by atoms with Crippen LogP contribution in [-0.2, 0) is 33.3 Å². The van der Waals surface area contributed by atoms with Crippen molar-refractivity contribution in [3.63, 3.8) is 0 Å². The number of hydrogen-bond donors (Lipinski definition) is 0. The topological polar surface area (TPSA) is 111 Å². The van der Waals surface area contributed by atoms with E-state index in [2.05, 4.69) is 74.6 Å². The average Bonchev–Trinajstić information content (AvgIpc) is 3.42. The fourth-order valence-corrected chi connectivity index (χ4v) is 9.64. The Morgan fingerprint density at radius 3 is 1.09 bits per heavy atom. The Hall–Kier alpha value is -3.01. The second-order valence-corrected chi connectivity index (χ2v) is 23.7. The maximum atomic E-state index is 12.9. The molecule has 0 bridgehead atoms. The number of likely N-dealkylation sites (N-methyl/N-ethyl adjacent to an activating group) is 1. The lowest BCUT2D eigenvalue weighted by molar-refractivity contribution is -0.870. The number of carbonyl (C=O) groups excluding carboxylic acids is 3. The highest BCUT2D eigenvalue weighted by Crippen LogP contribution is 2.18. The largest absolute Gasteiger partial charge is 0.545 e. The molecule has 460 valence electrons. The third kappa shape index (κ3) is 62.4. The third-order valence-corrected chi connectivity index (χ3v) is 14.7. The number of nitrogens with zero attached hydrogens (tertiary/aromatic N) is 1. The van der Waals surface area contributed by atoms with Crippen LogP contribution in [0.25, 0.3) is 0 Å². The molecule has 0 aliphatic heterocycles. The van der Waals surface area contributed by atoms with Crippen molar-refractivity contribution in [1.82, 2.24) is 0 Å². The van der Waals surface area contributed by atoms with Gasteiger partial charge in [0, 0.05) is 12.8 Å². The van der Waals surface area contributed by atoms with Gasteiger partial charge in [-0.05, 0) is 77.0 Å². The summed E-state index contributed by atoms with van der Waals surface area (Å²) in [7, 11) is 5.93. The molecular formula is C70H127NO8. The monoisotopic (exact) mass is 1110 g/mol. The molecule has 0 aromatic carbocycles. The number of aliphatic carboxylic acids is 1. The van der Waals surface area contributed by atoms with Crippen LogP contribution in [0, 0.1) is 0 Å². The lowest BCUT2D eigenvalue weighted by Gasteiger charge is -2.26. The predicted octanol–water partition coefficient (Wildman–Crippen LogP) is 19.0. The molecule has 79 heavy (non-hydrogen) atoms. The Morgan fingerprint density at radius 2 is 0.722 bits per heavy atom. The van der Waals surface area contributed by atoms with E-state index in [4.69, 9.17) is 18.9 Å². The van der Waals surface area contributed by atoms with Gasteiger partial charge in [0.25, 0.3) is 0 Å². The van der Waals surface area contributed by atoms with E-state index in [9.17, 15) is 19.5 Å². The molecule has 0 N–H and O–H groups in total. The van der Waals surface area contributed by atoms with Gasteiger partial charge in [0.1, 0.15) is 13.2 Å². The Kier molecular flexibility index (Phi) is 58.7. The van der Waals surface area contributed by atoms with Crippen molar-refractivity contribution in [2.45, 2.75) is 322 Å².